The predicted molar refractivity (Wildman–Crippen MR) is 67.1 cm³/mol. The van der Waals surface area contributed by atoms with Gasteiger partial charge in [0.1, 0.15) is 6.33 Å². The summed E-state index contributed by atoms with van der Waals surface area (Å²) in [7, 11) is 0. The van der Waals surface area contributed by atoms with Crippen LogP contribution in [0.15, 0.2) is 6.33 Å². The number of nitrogens with two attached hydrogens (primary N) is 1. The summed E-state index contributed by atoms with van der Waals surface area (Å²) in [6.45, 7) is 1.93. The highest BCUT2D eigenvalue weighted by atomic mass is 16.2. The molecule has 0 aliphatic carbocycles. The fourth-order valence-electron chi connectivity index (χ4n) is 2.17. The minimum atomic E-state index is -0.214. The van der Waals surface area contributed by atoms with Crippen LogP contribution in [-0.4, -0.2) is 58.1 Å². The molecule has 104 valence electrons. The zero-order valence-corrected chi connectivity index (χ0v) is 10.6. The van der Waals surface area contributed by atoms with Crippen LogP contribution in [0.4, 0.5) is 0 Å². The Kier molecular flexibility index (Phi) is 4.45. The first-order valence-electron chi connectivity index (χ1n) is 6.34. The number of H-pyrrole nitrogens is 1. The second-order valence-corrected chi connectivity index (χ2v) is 4.50. The number of aromatic nitrogens is 3. The van der Waals surface area contributed by atoms with Crippen molar-refractivity contribution >= 4 is 11.8 Å². The van der Waals surface area contributed by atoms with Crippen molar-refractivity contribution in [3.8, 4) is 0 Å². The van der Waals surface area contributed by atoms with Gasteiger partial charge in [0.15, 0.2) is 0 Å². The summed E-state index contributed by atoms with van der Waals surface area (Å²) in [6, 6.07) is 0. The van der Waals surface area contributed by atoms with Crippen molar-refractivity contribution in [2.24, 2.45) is 11.7 Å². The van der Waals surface area contributed by atoms with Gasteiger partial charge in [-0.1, -0.05) is 0 Å². The predicted octanol–water partition coefficient (Wildman–Crippen LogP) is -1.27. The molecule has 8 nitrogen and oxygen atoms in total. The van der Waals surface area contributed by atoms with Gasteiger partial charge in [-0.25, -0.2) is 4.98 Å². The standard InChI is InChI=1S/C11H18N6O2/c12-3-4-13-10(18)8-2-1-5-17(6-8)11(19)9-14-7-15-16-9/h7-8H,1-6,12H2,(H,13,18)(H,14,15,16). The number of carbonyl (C=O) groups excluding carboxylic acids is 2. The number of amides is 2. The molecule has 1 fully saturated rings. The number of rotatable bonds is 4. The van der Waals surface area contributed by atoms with E-state index >= 15 is 0 Å². The largest absolute Gasteiger partial charge is 0.355 e. The van der Waals surface area contributed by atoms with Crippen LogP contribution >= 0.6 is 0 Å². The Balaban J connectivity index is 1.93. The Morgan fingerprint density at radius 3 is 3.11 bits per heavy atom. The van der Waals surface area contributed by atoms with Crippen LogP contribution in [-0.2, 0) is 4.79 Å². The SMILES string of the molecule is NCCNC(=O)C1CCCN(C(=O)c2ncn[nH]2)C1. The first kappa shape index (κ1) is 13.5. The minimum Gasteiger partial charge on any atom is -0.355 e. The number of likely N-dealkylation sites (tertiary alicyclic amines) is 1. The zero-order valence-electron chi connectivity index (χ0n) is 10.6. The van der Waals surface area contributed by atoms with E-state index in [0.717, 1.165) is 12.8 Å². The Morgan fingerprint density at radius 2 is 2.42 bits per heavy atom. The molecule has 1 aromatic rings. The zero-order chi connectivity index (χ0) is 13.7. The van der Waals surface area contributed by atoms with E-state index in [1.807, 2.05) is 0 Å². The number of aromatic amines is 1. The van der Waals surface area contributed by atoms with E-state index in [0.29, 0.717) is 26.2 Å². The van der Waals surface area contributed by atoms with E-state index < -0.39 is 0 Å². The lowest BCUT2D eigenvalue weighted by Crippen LogP contribution is -2.46. The second-order valence-electron chi connectivity index (χ2n) is 4.50. The fraction of sp³-hybridized carbons (Fsp3) is 0.636. The molecule has 0 spiro atoms. The summed E-state index contributed by atoms with van der Waals surface area (Å²) < 4.78 is 0. The molecule has 0 bridgehead atoms. The van der Waals surface area contributed by atoms with E-state index in [4.69, 9.17) is 5.73 Å². The summed E-state index contributed by atoms with van der Waals surface area (Å²) in [5, 5.41) is 8.96. The average Bonchev–Trinajstić information content (AvgIpc) is 2.98. The molecule has 1 unspecified atom stereocenters. The van der Waals surface area contributed by atoms with Crippen LogP contribution < -0.4 is 11.1 Å². The Labute approximate surface area is 110 Å². The van der Waals surface area contributed by atoms with Crippen molar-refractivity contribution in [2.45, 2.75) is 12.8 Å². The van der Waals surface area contributed by atoms with Crippen molar-refractivity contribution in [3.05, 3.63) is 12.2 Å². The number of carbonyl (C=O) groups is 2. The van der Waals surface area contributed by atoms with Gasteiger partial charge in [-0.15, -0.1) is 0 Å². The second kappa shape index (κ2) is 6.28. The highest BCUT2D eigenvalue weighted by molar-refractivity contribution is 5.91. The maximum atomic E-state index is 12.1. The van der Waals surface area contributed by atoms with E-state index in [1.54, 1.807) is 4.90 Å². The van der Waals surface area contributed by atoms with Crippen LogP contribution in [0.3, 0.4) is 0 Å². The molecule has 2 amide bonds. The molecule has 0 saturated carbocycles. The first-order valence-corrected chi connectivity index (χ1v) is 6.34. The fourth-order valence-corrected chi connectivity index (χ4v) is 2.17. The lowest BCUT2D eigenvalue weighted by atomic mass is 9.97. The van der Waals surface area contributed by atoms with Crippen LogP contribution in [0.2, 0.25) is 0 Å². The van der Waals surface area contributed by atoms with Gasteiger partial charge in [0.25, 0.3) is 5.91 Å². The molecule has 2 heterocycles. The smallest absolute Gasteiger partial charge is 0.291 e. The summed E-state index contributed by atoms with van der Waals surface area (Å²) >= 11 is 0. The van der Waals surface area contributed by atoms with Gasteiger partial charge < -0.3 is 16.0 Å². The highest BCUT2D eigenvalue weighted by Crippen LogP contribution is 2.17. The monoisotopic (exact) mass is 266 g/mol. The number of nitrogens with one attached hydrogen (secondary N) is 2. The Hall–Kier alpha value is -1.96. The average molecular weight is 266 g/mol. The maximum Gasteiger partial charge on any atom is 0.291 e. The first-order chi connectivity index (χ1) is 9.22. The highest BCUT2D eigenvalue weighted by Gasteiger charge is 2.29. The van der Waals surface area contributed by atoms with Crippen LogP contribution in [0.5, 0.6) is 0 Å². The molecule has 1 saturated heterocycles. The summed E-state index contributed by atoms with van der Waals surface area (Å²) in [4.78, 5) is 29.4. The number of nitrogens with zero attached hydrogens (tertiary/aromatic N) is 3. The van der Waals surface area contributed by atoms with Gasteiger partial charge in [0.2, 0.25) is 11.7 Å². The molecule has 2 rings (SSSR count). The van der Waals surface area contributed by atoms with E-state index in [1.165, 1.54) is 6.33 Å². The molecule has 19 heavy (non-hydrogen) atoms. The van der Waals surface area contributed by atoms with Crippen molar-refractivity contribution in [3.63, 3.8) is 0 Å². The molecule has 0 aromatic carbocycles. The van der Waals surface area contributed by atoms with E-state index in [9.17, 15) is 9.59 Å². The molecule has 0 radical (unpaired) electrons. The van der Waals surface area contributed by atoms with Gasteiger partial charge in [-0.2, -0.15) is 5.10 Å². The lowest BCUT2D eigenvalue weighted by Gasteiger charge is -2.31. The van der Waals surface area contributed by atoms with Crippen molar-refractivity contribution < 1.29 is 9.59 Å². The minimum absolute atomic E-state index is 0.0412. The third-order valence-corrected chi connectivity index (χ3v) is 3.14. The molecular weight excluding hydrogens is 248 g/mol. The Bertz CT molecular complexity index is 432. The molecule has 4 N–H and O–H groups in total. The normalized spacial score (nSPS) is 19.2. The third kappa shape index (κ3) is 3.28. The van der Waals surface area contributed by atoms with E-state index in [-0.39, 0.29) is 23.6 Å². The number of piperidine rings is 1. The van der Waals surface area contributed by atoms with Gasteiger partial charge in [-0.05, 0) is 12.8 Å². The molecule has 1 atom stereocenters. The van der Waals surface area contributed by atoms with Crippen molar-refractivity contribution in [2.75, 3.05) is 26.2 Å². The number of hydrogen-bond donors (Lipinski definition) is 3. The Morgan fingerprint density at radius 1 is 1.58 bits per heavy atom. The quantitative estimate of drug-likeness (QED) is 0.628. The van der Waals surface area contributed by atoms with Crippen LogP contribution in [0.1, 0.15) is 23.5 Å². The summed E-state index contributed by atoms with van der Waals surface area (Å²) in [5.41, 5.74) is 5.35. The maximum absolute atomic E-state index is 12.1. The van der Waals surface area contributed by atoms with Crippen LogP contribution in [0.25, 0.3) is 0 Å². The van der Waals surface area contributed by atoms with Crippen molar-refractivity contribution in [1.82, 2.24) is 25.4 Å². The molecule has 1 aromatic heterocycles. The lowest BCUT2D eigenvalue weighted by molar-refractivity contribution is -0.126. The van der Waals surface area contributed by atoms with Crippen molar-refractivity contribution in [1.29, 1.82) is 0 Å². The molecular formula is C11H18N6O2. The number of hydrogen-bond acceptors (Lipinski definition) is 5. The molecule has 8 heteroatoms. The van der Waals surface area contributed by atoms with Gasteiger partial charge in [0.05, 0.1) is 5.92 Å². The summed E-state index contributed by atoms with van der Waals surface area (Å²) in [6.07, 6.45) is 2.89. The topological polar surface area (TPSA) is 117 Å². The molecule has 1 aliphatic rings. The van der Waals surface area contributed by atoms with Gasteiger partial charge in [0, 0.05) is 26.2 Å². The van der Waals surface area contributed by atoms with E-state index in [2.05, 4.69) is 20.5 Å². The summed E-state index contributed by atoms with van der Waals surface area (Å²) in [5.74, 6) is -0.218. The van der Waals surface area contributed by atoms with Gasteiger partial charge in [-0.3, -0.25) is 14.7 Å². The molecule has 1 aliphatic heterocycles. The van der Waals surface area contributed by atoms with Gasteiger partial charge >= 0.3 is 0 Å². The third-order valence-electron chi connectivity index (χ3n) is 3.14. The van der Waals surface area contributed by atoms with Crippen LogP contribution in [0, 0.1) is 5.92 Å².